The molecule has 0 aromatic carbocycles. The maximum atomic E-state index is 12.3. The number of aliphatic carboxylic acids is 1. The second kappa shape index (κ2) is 5.51. The minimum Gasteiger partial charge on any atom is -0.481 e. The molecule has 3 atom stereocenters. The maximum absolute atomic E-state index is 12.3. The number of hydrogen-bond donors (Lipinski definition) is 2. The van der Waals surface area contributed by atoms with Crippen LogP contribution in [0.4, 0.5) is 0 Å². The Kier molecular flexibility index (Phi) is 4.20. The molecule has 5 heteroatoms. The van der Waals surface area contributed by atoms with E-state index >= 15 is 0 Å². The van der Waals surface area contributed by atoms with Crippen LogP contribution in [0.25, 0.3) is 0 Å². The van der Waals surface area contributed by atoms with Crippen molar-refractivity contribution >= 4 is 23.6 Å². The molecule has 2 rings (SSSR count). The maximum Gasteiger partial charge on any atom is 0.308 e. The fraction of sp³-hybridized carbons (Fsp3) is 0.846. The Labute approximate surface area is 112 Å². The summed E-state index contributed by atoms with van der Waals surface area (Å²) in [6, 6.07) is -0.179. The molecular weight excluding hydrogens is 250 g/mol. The zero-order chi connectivity index (χ0) is 13.2. The van der Waals surface area contributed by atoms with Crippen molar-refractivity contribution in [2.45, 2.75) is 56.2 Å². The first-order valence-electron chi connectivity index (χ1n) is 6.71. The van der Waals surface area contributed by atoms with E-state index in [1.165, 1.54) is 0 Å². The van der Waals surface area contributed by atoms with Crippen molar-refractivity contribution < 1.29 is 14.7 Å². The normalized spacial score (nSPS) is 36.3. The Hall–Kier alpha value is -0.710. The van der Waals surface area contributed by atoms with Crippen molar-refractivity contribution in [2.75, 3.05) is 5.75 Å². The molecule has 1 heterocycles. The van der Waals surface area contributed by atoms with Crippen LogP contribution in [-0.4, -0.2) is 33.5 Å². The van der Waals surface area contributed by atoms with Crippen molar-refractivity contribution in [3.8, 4) is 0 Å². The Morgan fingerprint density at radius 2 is 2.00 bits per heavy atom. The van der Waals surface area contributed by atoms with Gasteiger partial charge in [0.25, 0.3) is 0 Å². The van der Waals surface area contributed by atoms with Crippen LogP contribution < -0.4 is 5.32 Å². The summed E-state index contributed by atoms with van der Waals surface area (Å²) in [6.45, 7) is 1.97. The van der Waals surface area contributed by atoms with Gasteiger partial charge in [0.15, 0.2) is 0 Å². The summed E-state index contributed by atoms with van der Waals surface area (Å²) in [7, 11) is 0. The van der Waals surface area contributed by atoms with E-state index in [0.717, 1.165) is 37.9 Å². The Balaban J connectivity index is 1.98. The molecule has 4 nitrogen and oxygen atoms in total. The van der Waals surface area contributed by atoms with Gasteiger partial charge in [-0.05, 0) is 38.4 Å². The highest BCUT2D eigenvalue weighted by atomic mass is 32.2. The second-order valence-corrected chi connectivity index (χ2v) is 7.09. The highest BCUT2D eigenvalue weighted by Gasteiger charge is 2.40. The average molecular weight is 271 g/mol. The van der Waals surface area contributed by atoms with E-state index in [4.69, 9.17) is 0 Å². The molecule has 1 aliphatic carbocycles. The number of hydrogen-bond acceptors (Lipinski definition) is 3. The van der Waals surface area contributed by atoms with Crippen LogP contribution in [0.5, 0.6) is 0 Å². The minimum atomic E-state index is -0.774. The number of carboxylic acids is 1. The third kappa shape index (κ3) is 2.82. The van der Waals surface area contributed by atoms with Crippen LogP contribution in [0, 0.1) is 5.92 Å². The first-order chi connectivity index (χ1) is 8.53. The van der Waals surface area contributed by atoms with Crippen molar-refractivity contribution in [3.63, 3.8) is 0 Å². The summed E-state index contributed by atoms with van der Waals surface area (Å²) in [5, 5.41) is 12.2. The Bertz CT molecular complexity index is 339. The number of carboxylic acid groups (broad SMARTS) is 1. The average Bonchev–Trinajstić information content (AvgIpc) is 2.78. The Morgan fingerprint density at radius 3 is 2.61 bits per heavy atom. The van der Waals surface area contributed by atoms with Gasteiger partial charge in [-0.15, -0.1) is 11.8 Å². The van der Waals surface area contributed by atoms with Crippen LogP contribution in [0.1, 0.15) is 45.4 Å². The minimum absolute atomic E-state index is 0.0307. The van der Waals surface area contributed by atoms with Gasteiger partial charge in [0.1, 0.15) is 0 Å². The van der Waals surface area contributed by atoms with Gasteiger partial charge in [0, 0.05) is 6.04 Å². The Morgan fingerprint density at radius 1 is 1.28 bits per heavy atom. The molecule has 18 heavy (non-hydrogen) atoms. The fourth-order valence-corrected chi connectivity index (χ4v) is 4.10. The SMILES string of the molecule is CC1(C(=O)NC2CCCCC2C(=O)O)CCCS1. The topological polar surface area (TPSA) is 66.4 Å². The van der Waals surface area contributed by atoms with E-state index < -0.39 is 11.9 Å². The highest BCUT2D eigenvalue weighted by molar-refractivity contribution is 8.01. The van der Waals surface area contributed by atoms with E-state index in [2.05, 4.69) is 5.32 Å². The summed E-state index contributed by atoms with van der Waals surface area (Å²) in [5.74, 6) is -0.123. The summed E-state index contributed by atoms with van der Waals surface area (Å²) in [6.07, 6.45) is 5.41. The number of carbonyl (C=O) groups excluding carboxylic acids is 1. The highest BCUT2D eigenvalue weighted by Crippen LogP contribution is 2.38. The molecule has 3 unspecified atom stereocenters. The molecule has 1 amide bonds. The molecule has 1 saturated carbocycles. The molecule has 0 radical (unpaired) electrons. The predicted molar refractivity (Wildman–Crippen MR) is 71.6 cm³/mol. The zero-order valence-electron chi connectivity index (χ0n) is 10.8. The first kappa shape index (κ1) is 13.7. The van der Waals surface area contributed by atoms with Gasteiger partial charge < -0.3 is 10.4 Å². The number of nitrogens with one attached hydrogen (secondary N) is 1. The van der Waals surface area contributed by atoms with E-state index in [1.54, 1.807) is 11.8 Å². The number of rotatable bonds is 3. The third-order valence-corrected chi connectivity index (χ3v) is 5.62. The van der Waals surface area contributed by atoms with Crippen LogP contribution >= 0.6 is 11.8 Å². The summed E-state index contributed by atoms with van der Waals surface area (Å²) < 4.78 is -0.347. The molecule has 2 aliphatic rings. The lowest BCUT2D eigenvalue weighted by molar-refractivity contribution is -0.144. The van der Waals surface area contributed by atoms with E-state index in [-0.39, 0.29) is 16.7 Å². The standard InChI is InChI=1S/C13H21NO3S/c1-13(7-4-8-18-13)12(17)14-10-6-3-2-5-9(10)11(15)16/h9-10H,2-8H2,1H3,(H,14,17)(H,15,16). The van der Waals surface area contributed by atoms with Crippen molar-refractivity contribution in [1.82, 2.24) is 5.32 Å². The molecule has 0 aromatic heterocycles. The van der Waals surface area contributed by atoms with Gasteiger partial charge in [0.05, 0.1) is 10.7 Å². The van der Waals surface area contributed by atoms with E-state index in [9.17, 15) is 14.7 Å². The van der Waals surface area contributed by atoms with Crippen molar-refractivity contribution in [3.05, 3.63) is 0 Å². The third-order valence-electron chi connectivity index (χ3n) is 4.10. The first-order valence-corrected chi connectivity index (χ1v) is 7.69. The molecule has 2 fully saturated rings. The van der Waals surface area contributed by atoms with Gasteiger partial charge in [0.2, 0.25) is 5.91 Å². The van der Waals surface area contributed by atoms with Crippen LogP contribution in [0.2, 0.25) is 0 Å². The van der Waals surface area contributed by atoms with Gasteiger partial charge in [-0.25, -0.2) is 0 Å². The molecule has 102 valence electrons. The van der Waals surface area contributed by atoms with Gasteiger partial charge >= 0.3 is 5.97 Å². The van der Waals surface area contributed by atoms with Gasteiger partial charge in [-0.2, -0.15) is 0 Å². The molecule has 0 aromatic rings. The summed E-state index contributed by atoms with van der Waals surface area (Å²) in [4.78, 5) is 23.5. The van der Waals surface area contributed by atoms with Crippen LogP contribution in [-0.2, 0) is 9.59 Å². The summed E-state index contributed by atoms with van der Waals surface area (Å²) >= 11 is 1.69. The van der Waals surface area contributed by atoms with E-state index in [0.29, 0.717) is 6.42 Å². The summed E-state index contributed by atoms with van der Waals surface area (Å²) in [5.41, 5.74) is 0. The molecule has 2 N–H and O–H groups in total. The van der Waals surface area contributed by atoms with Crippen molar-refractivity contribution in [1.29, 1.82) is 0 Å². The lowest BCUT2D eigenvalue weighted by Crippen LogP contribution is -2.50. The molecular formula is C13H21NO3S. The smallest absolute Gasteiger partial charge is 0.308 e. The fourth-order valence-electron chi connectivity index (χ4n) is 2.88. The number of thioether (sulfide) groups is 1. The zero-order valence-corrected chi connectivity index (χ0v) is 11.6. The van der Waals surface area contributed by atoms with E-state index in [1.807, 2.05) is 6.92 Å². The largest absolute Gasteiger partial charge is 0.481 e. The number of amides is 1. The lowest BCUT2D eigenvalue weighted by Gasteiger charge is -2.32. The number of carbonyl (C=O) groups is 2. The monoisotopic (exact) mass is 271 g/mol. The van der Waals surface area contributed by atoms with Crippen LogP contribution in [0.3, 0.4) is 0 Å². The second-order valence-electron chi connectivity index (χ2n) is 5.49. The van der Waals surface area contributed by atoms with Gasteiger partial charge in [-0.3, -0.25) is 9.59 Å². The van der Waals surface area contributed by atoms with Crippen LogP contribution in [0.15, 0.2) is 0 Å². The van der Waals surface area contributed by atoms with Crippen molar-refractivity contribution in [2.24, 2.45) is 5.92 Å². The van der Waals surface area contributed by atoms with Gasteiger partial charge in [-0.1, -0.05) is 12.8 Å². The predicted octanol–water partition coefficient (Wildman–Crippen LogP) is 2.03. The molecule has 1 aliphatic heterocycles. The quantitative estimate of drug-likeness (QED) is 0.824. The molecule has 1 saturated heterocycles. The molecule has 0 spiro atoms. The lowest BCUT2D eigenvalue weighted by atomic mass is 9.84. The molecule has 0 bridgehead atoms.